The lowest BCUT2D eigenvalue weighted by molar-refractivity contribution is -0.215. The molecule has 6 N–H and O–H groups in total. The summed E-state index contributed by atoms with van der Waals surface area (Å²) in [4.78, 5) is 22.0. The second-order valence-electron chi connectivity index (χ2n) is 4.76. The van der Waals surface area contributed by atoms with Crippen molar-refractivity contribution < 1.29 is 44.2 Å². The van der Waals surface area contributed by atoms with Crippen molar-refractivity contribution >= 4 is 11.9 Å². The largest absolute Gasteiger partial charge is 0.479 e. The van der Waals surface area contributed by atoms with Gasteiger partial charge in [0.1, 0.15) is 24.4 Å². The molecule has 1 saturated heterocycles. The number of carbonyl (C=O) groups is 2. The molecule has 0 saturated carbocycles. The molecular weight excluding hydrogens is 293 g/mol. The average Bonchev–Trinajstić information content (AvgIpc) is 2.41. The number of carboxylic acid groups (broad SMARTS) is 1. The summed E-state index contributed by atoms with van der Waals surface area (Å²) >= 11 is 0. The zero-order valence-corrected chi connectivity index (χ0v) is 11.1. The number of halogens is 1. The minimum absolute atomic E-state index is 0.681. The third-order valence-corrected chi connectivity index (χ3v) is 3.17. The minimum Gasteiger partial charge on any atom is -0.479 e. The van der Waals surface area contributed by atoms with Crippen molar-refractivity contribution in [1.29, 1.82) is 0 Å². The fourth-order valence-corrected chi connectivity index (χ4v) is 2.12. The molecule has 21 heavy (non-hydrogen) atoms. The molecule has 7 atom stereocenters. The van der Waals surface area contributed by atoms with E-state index in [2.05, 4.69) is 5.32 Å². The molecule has 0 bridgehead atoms. The Morgan fingerprint density at radius 3 is 2.38 bits per heavy atom. The number of aliphatic hydroxyl groups is 4. The van der Waals surface area contributed by atoms with Crippen LogP contribution >= 0.6 is 0 Å². The predicted octanol–water partition coefficient (Wildman–Crippen LogP) is -3.24. The van der Waals surface area contributed by atoms with E-state index in [1.54, 1.807) is 0 Å². The molecule has 0 spiro atoms. The fraction of sp³-hybridized carbons (Fsp3) is 0.818. The van der Waals surface area contributed by atoms with E-state index in [1.165, 1.54) is 0 Å². The Bertz CT molecular complexity index is 394. The van der Waals surface area contributed by atoms with Crippen LogP contribution < -0.4 is 5.32 Å². The average molecular weight is 311 g/mol. The zero-order chi connectivity index (χ0) is 16.3. The fourth-order valence-electron chi connectivity index (χ4n) is 2.12. The molecule has 9 nitrogen and oxygen atoms in total. The molecule has 1 fully saturated rings. The van der Waals surface area contributed by atoms with Gasteiger partial charge in [0, 0.05) is 6.92 Å². The summed E-state index contributed by atoms with van der Waals surface area (Å²) in [6, 6.07) is -1.48. The van der Waals surface area contributed by atoms with Crippen LogP contribution in [0.15, 0.2) is 0 Å². The number of alkyl halides is 1. The topological polar surface area (TPSA) is 157 Å². The molecule has 1 aliphatic rings. The van der Waals surface area contributed by atoms with Gasteiger partial charge in [-0.25, -0.2) is 9.18 Å². The van der Waals surface area contributed by atoms with Gasteiger partial charge in [-0.3, -0.25) is 4.79 Å². The van der Waals surface area contributed by atoms with Gasteiger partial charge in [-0.15, -0.1) is 0 Å². The van der Waals surface area contributed by atoms with Gasteiger partial charge < -0.3 is 35.6 Å². The standard InChI is InChI=1S/C11H18FNO8/c1-3(15)13-6-8(18)5(12)9(11(19)20)21-10(6)7(17)4(16)2-14/h4-10,14,16-18H,2H2,1H3,(H,13,15)(H,19,20)/t4-,5?,6-,7-,8+,9-,10-/m1/s1. The van der Waals surface area contributed by atoms with Gasteiger partial charge in [-0.2, -0.15) is 0 Å². The highest BCUT2D eigenvalue weighted by molar-refractivity contribution is 5.75. The Balaban J connectivity index is 3.06. The first-order valence-electron chi connectivity index (χ1n) is 6.15. The summed E-state index contributed by atoms with van der Waals surface area (Å²) in [6.07, 6.45) is -11.5. The maximum atomic E-state index is 13.8. The number of aliphatic carboxylic acids is 1. The molecule has 0 aliphatic carbocycles. The number of carboxylic acids is 1. The Morgan fingerprint density at radius 1 is 1.38 bits per heavy atom. The summed E-state index contributed by atoms with van der Waals surface area (Å²) in [6.45, 7) is 0.190. The van der Waals surface area contributed by atoms with Crippen LogP contribution in [0, 0.1) is 0 Å². The Labute approximate surface area is 119 Å². The molecular formula is C11H18FNO8. The van der Waals surface area contributed by atoms with E-state index in [1.807, 2.05) is 0 Å². The highest BCUT2D eigenvalue weighted by atomic mass is 19.1. The van der Waals surface area contributed by atoms with E-state index in [9.17, 15) is 29.3 Å². The van der Waals surface area contributed by atoms with E-state index in [-0.39, 0.29) is 0 Å². The van der Waals surface area contributed by atoms with E-state index in [0.29, 0.717) is 0 Å². The van der Waals surface area contributed by atoms with Gasteiger partial charge >= 0.3 is 5.97 Å². The monoisotopic (exact) mass is 311 g/mol. The number of carbonyl (C=O) groups excluding carboxylic acids is 1. The van der Waals surface area contributed by atoms with Crippen LogP contribution in [0.1, 0.15) is 6.92 Å². The van der Waals surface area contributed by atoms with Gasteiger partial charge in [0.25, 0.3) is 0 Å². The third-order valence-electron chi connectivity index (χ3n) is 3.17. The quantitative estimate of drug-likeness (QED) is 0.309. The molecule has 0 aromatic rings. The first kappa shape index (κ1) is 17.7. The molecule has 122 valence electrons. The summed E-state index contributed by atoms with van der Waals surface area (Å²) in [5, 5.41) is 48.8. The number of nitrogens with one attached hydrogen (secondary N) is 1. The van der Waals surface area contributed by atoms with E-state index in [0.717, 1.165) is 6.92 Å². The van der Waals surface area contributed by atoms with Crippen LogP contribution in [0.5, 0.6) is 0 Å². The SMILES string of the molecule is CC(=O)N[C@H]1[C@H]([C@H](O)[C@H](O)CO)O[C@@H](C(=O)O)C(F)[C@@H]1O. The second kappa shape index (κ2) is 7.09. The van der Waals surface area contributed by atoms with Crippen molar-refractivity contribution in [3.63, 3.8) is 0 Å². The third kappa shape index (κ3) is 3.86. The number of amides is 1. The number of ether oxygens (including phenoxy) is 1. The maximum absolute atomic E-state index is 13.8. The first-order valence-corrected chi connectivity index (χ1v) is 6.15. The Hall–Kier alpha value is -1.33. The summed E-state index contributed by atoms with van der Waals surface area (Å²) in [5.41, 5.74) is 0. The Kier molecular flexibility index (Phi) is 5.98. The van der Waals surface area contributed by atoms with Crippen molar-refractivity contribution in [2.45, 2.75) is 49.7 Å². The van der Waals surface area contributed by atoms with Crippen LogP contribution in [0.3, 0.4) is 0 Å². The van der Waals surface area contributed by atoms with Crippen LogP contribution in [-0.2, 0) is 14.3 Å². The molecule has 0 aromatic heterocycles. The lowest BCUT2D eigenvalue weighted by atomic mass is 9.89. The zero-order valence-electron chi connectivity index (χ0n) is 11.1. The van der Waals surface area contributed by atoms with E-state index in [4.69, 9.17) is 14.9 Å². The van der Waals surface area contributed by atoms with E-state index < -0.39 is 61.2 Å². The number of hydrogen-bond acceptors (Lipinski definition) is 7. The minimum atomic E-state index is -2.34. The van der Waals surface area contributed by atoms with Gasteiger partial charge in [0.05, 0.1) is 12.6 Å². The van der Waals surface area contributed by atoms with E-state index >= 15 is 0 Å². The normalized spacial score (nSPS) is 35.8. The molecule has 10 heteroatoms. The van der Waals surface area contributed by atoms with Gasteiger partial charge in [-0.1, -0.05) is 0 Å². The van der Waals surface area contributed by atoms with Crippen molar-refractivity contribution in [3.8, 4) is 0 Å². The number of hydrogen-bond donors (Lipinski definition) is 6. The van der Waals surface area contributed by atoms with Crippen LogP contribution in [0.25, 0.3) is 0 Å². The predicted molar refractivity (Wildman–Crippen MR) is 63.9 cm³/mol. The summed E-state index contributed by atoms with van der Waals surface area (Å²) in [7, 11) is 0. The lowest BCUT2D eigenvalue weighted by Crippen LogP contribution is -2.67. The Morgan fingerprint density at radius 2 is 1.95 bits per heavy atom. The highest BCUT2D eigenvalue weighted by Crippen LogP contribution is 2.27. The molecule has 0 aromatic carbocycles. The smallest absolute Gasteiger partial charge is 0.336 e. The lowest BCUT2D eigenvalue weighted by Gasteiger charge is -2.43. The highest BCUT2D eigenvalue weighted by Gasteiger charge is 2.52. The maximum Gasteiger partial charge on any atom is 0.336 e. The summed E-state index contributed by atoms with van der Waals surface area (Å²) < 4.78 is 18.7. The van der Waals surface area contributed by atoms with Gasteiger partial charge in [0.2, 0.25) is 5.91 Å². The summed E-state index contributed by atoms with van der Waals surface area (Å²) in [5.74, 6) is -2.39. The first-order chi connectivity index (χ1) is 9.70. The van der Waals surface area contributed by atoms with Crippen molar-refractivity contribution in [2.75, 3.05) is 6.61 Å². The van der Waals surface area contributed by atoms with Crippen molar-refractivity contribution in [3.05, 3.63) is 0 Å². The number of rotatable bonds is 5. The van der Waals surface area contributed by atoms with Gasteiger partial charge in [0.15, 0.2) is 12.3 Å². The molecule has 1 unspecified atom stereocenters. The molecule has 1 heterocycles. The van der Waals surface area contributed by atoms with Gasteiger partial charge in [-0.05, 0) is 0 Å². The molecule has 1 rings (SSSR count). The molecule has 0 radical (unpaired) electrons. The van der Waals surface area contributed by atoms with Crippen LogP contribution in [0.2, 0.25) is 0 Å². The van der Waals surface area contributed by atoms with Crippen molar-refractivity contribution in [2.24, 2.45) is 0 Å². The van der Waals surface area contributed by atoms with Crippen LogP contribution in [-0.4, -0.2) is 86.7 Å². The van der Waals surface area contributed by atoms with Crippen LogP contribution in [0.4, 0.5) is 4.39 Å². The number of aliphatic hydroxyl groups excluding tert-OH is 4. The second-order valence-corrected chi connectivity index (χ2v) is 4.76. The molecule has 1 amide bonds. The molecule has 1 aliphatic heterocycles. The van der Waals surface area contributed by atoms with Crippen molar-refractivity contribution in [1.82, 2.24) is 5.32 Å².